The van der Waals surface area contributed by atoms with E-state index < -0.39 is 0 Å². The van der Waals surface area contributed by atoms with Gasteiger partial charge in [0.1, 0.15) is 0 Å². The van der Waals surface area contributed by atoms with Crippen LogP contribution in [0.5, 0.6) is 0 Å². The Morgan fingerprint density at radius 1 is 1.16 bits per heavy atom. The molecule has 0 bridgehead atoms. The maximum atomic E-state index is 4.55. The van der Waals surface area contributed by atoms with Crippen LogP contribution in [0.3, 0.4) is 0 Å². The van der Waals surface area contributed by atoms with Gasteiger partial charge in [-0.05, 0) is 49.2 Å². The first kappa shape index (κ1) is 17.6. The highest BCUT2D eigenvalue weighted by Crippen LogP contribution is 2.33. The van der Waals surface area contributed by atoms with Crippen LogP contribution in [0.25, 0.3) is 11.3 Å². The number of nitrogens with zero attached hydrogens (tertiary/aromatic N) is 2. The van der Waals surface area contributed by atoms with E-state index in [0.717, 1.165) is 23.4 Å². The normalized spacial score (nSPS) is 12.1. The second-order valence-electron chi connectivity index (χ2n) is 5.95. The summed E-state index contributed by atoms with van der Waals surface area (Å²) >= 11 is 1.61. The van der Waals surface area contributed by atoms with Gasteiger partial charge in [-0.25, -0.2) is 4.98 Å². The zero-order valence-electron chi connectivity index (χ0n) is 14.9. The van der Waals surface area contributed by atoms with Crippen LogP contribution in [0.2, 0.25) is 0 Å². The minimum Gasteiger partial charge on any atom is -0.378 e. The number of benzene rings is 2. The van der Waals surface area contributed by atoms with E-state index in [-0.39, 0.29) is 6.04 Å². The number of hydrogen-bond acceptors (Lipinski definition) is 4. The van der Waals surface area contributed by atoms with Crippen molar-refractivity contribution in [3.63, 3.8) is 0 Å². The van der Waals surface area contributed by atoms with E-state index in [2.05, 4.69) is 76.7 Å². The molecule has 0 amide bonds. The molecule has 1 aromatic heterocycles. The van der Waals surface area contributed by atoms with E-state index in [1.165, 1.54) is 10.5 Å². The van der Waals surface area contributed by atoms with Crippen molar-refractivity contribution >= 4 is 17.6 Å². The highest BCUT2D eigenvalue weighted by atomic mass is 32.2. The van der Waals surface area contributed by atoms with Crippen molar-refractivity contribution in [1.29, 1.82) is 0 Å². The first-order chi connectivity index (χ1) is 12.2. The van der Waals surface area contributed by atoms with Crippen LogP contribution in [0, 0.1) is 0 Å². The molecule has 0 saturated carbocycles. The summed E-state index contributed by atoms with van der Waals surface area (Å²) in [4.78, 5) is 5.72. The molecule has 0 aliphatic rings. The quantitative estimate of drug-likeness (QED) is 0.595. The largest absolute Gasteiger partial charge is 0.378 e. The molecule has 0 spiro atoms. The summed E-state index contributed by atoms with van der Waals surface area (Å²) in [6.07, 6.45) is 4.90. The third kappa shape index (κ3) is 4.24. The highest BCUT2D eigenvalue weighted by Gasteiger charge is 2.14. The zero-order valence-corrected chi connectivity index (χ0v) is 15.7. The van der Waals surface area contributed by atoms with Gasteiger partial charge in [0, 0.05) is 29.4 Å². The van der Waals surface area contributed by atoms with Crippen LogP contribution >= 0.6 is 11.9 Å². The maximum absolute atomic E-state index is 4.55. The van der Waals surface area contributed by atoms with Gasteiger partial charge in [-0.15, -0.1) is 0 Å². The number of rotatable bonds is 7. The van der Waals surface area contributed by atoms with Crippen molar-refractivity contribution in [3.05, 3.63) is 66.6 Å². The lowest BCUT2D eigenvalue weighted by Crippen LogP contribution is -2.10. The van der Waals surface area contributed by atoms with Gasteiger partial charge in [0.2, 0.25) is 0 Å². The van der Waals surface area contributed by atoms with Crippen LogP contribution in [0.15, 0.2) is 66.0 Å². The molecule has 130 valence electrons. The zero-order chi connectivity index (χ0) is 17.6. The third-order valence-electron chi connectivity index (χ3n) is 4.13. The topological polar surface area (TPSA) is 41.9 Å². The van der Waals surface area contributed by atoms with E-state index in [1.54, 1.807) is 11.9 Å². The predicted octanol–water partition coefficient (Wildman–Crippen LogP) is 4.88. The minimum absolute atomic E-state index is 0.270. The maximum Gasteiger partial charge on any atom is 0.0951 e. The SMILES string of the molecule is CCC(Nc1ccc(SNC)cc1-c1cn(C)cn1)c1ccccc1. The molecule has 1 heterocycles. The summed E-state index contributed by atoms with van der Waals surface area (Å²) in [5.74, 6) is 0. The van der Waals surface area contributed by atoms with Crippen molar-refractivity contribution in [2.75, 3.05) is 12.4 Å². The van der Waals surface area contributed by atoms with Gasteiger partial charge in [0.25, 0.3) is 0 Å². The Hall–Kier alpha value is -2.24. The monoisotopic (exact) mass is 352 g/mol. The molecule has 25 heavy (non-hydrogen) atoms. The fraction of sp³-hybridized carbons (Fsp3) is 0.250. The van der Waals surface area contributed by atoms with Crippen molar-refractivity contribution in [1.82, 2.24) is 14.3 Å². The van der Waals surface area contributed by atoms with Gasteiger partial charge in [0.15, 0.2) is 0 Å². The predicted molar refractivity (Wildman–Crippen MR) is 107 cm³/mol. The van der Waals surface area contributed by atoms with Crippen molar-refractivity contribution < 1.29 is 0 Å². The lowest BCUT2D eigenvalue weighted by molar-refractivity contribution is 0.749. The summed E-state index contributed by atoms with van der Waals surface area (Å²) in [7, 11) is 3.93. The third-order valence-corrected chi connectivity index (χ3v) is 4.83. The number of hydrogen-bond donors (Lipinski definition) is 2. The molecule has 0 fully saturated rings. The van der Waals surface area contributed by atoms with Crippen LogP contribution in [-0.4, -0.2) is 16.6 Å². The van der Waals surface area contributed by atoms with Crippen LogP contribution in [-0.2, 0) is 7.05 Å². The molecule has 4 nitrogen and oxygen atoms in total. The highest BCUT2D eigenvalue weighted by molar-refractivity contribution is 7.97. The first-order valence-electron chi connectivity index (χ1n) is 8.48. The van der Waals surface area contributed by atoms with E-state index in [9.17, 15) is 0 Å². The number of imidazole rings is 1. The van der Waals surface area contributed by atoms with E-state index in [1.807, 2.05) is 25.0 Å². The fourth-order valence-corrected chi connectivity index (χ4v) is 3.44. The van der Waals surface area contributed by atoms with Crippen molar-refractivity contribution in [2.45, 2.75) is 24.3 Å². The lowest BCUT2D eigenvalue weighted by Gasteiger charge is -2.21. The summed E-state index contributed by atoms with van der Waals surface area (Å²) in [6, 6.07) is 17.3. The molecule has 1 unspecified atom stereocenters. The van der Waals surface area contributed by atoms with E-state index in [0.29, 0.717) is 0 Å². The average Bonchev–Trinajstić information content (AvgIpc) is 3.08. The van der Waals surface area contributed by atoms with Gasteiger partial charge in [-0.2, -0.15) is 0 Å². The molecule has 0 saturated heterocycles. The van der Waals surface area contributed by atoms with Gasteiger partial charge in [0.05, 0.1) is 18.1 Å². The second kappa shape index (κ2) is 8.23. The van der Waals surface area contributed by atoms with Gasteiger partial charge < -0.3 is 9.88 Å². The smallest absolute Gasteiger partial charge is 0.0951 e. The average molecular weight is 353 g/mol. The van der Waals surface area contributed by atoms with Crippen LogP contribution in [0.4, 0.5) is 5.69 Å². The Kier molecular flexibility index (Phi) is 5.79. The Balaban J connectivity index is 1.97. The Morgan fingerprint density at radius 2 is 1.96 bits per heavy atom. The Morgan fingerprint density at radius 3 is 2.60 bits per heavy atom. The summed E-state index contributed by atoms with van der Waals surface area (Å²) in [6.45, 7) is 2.20. The molecule has 3 rings (SSSR count). The fourth-order valence-electron chi connectivity index (χ4n) is 2.89. The molecule has 2 N–H and O–H groups in total. The summed E-state index contributed by atoms with van der Waals surface area (Å²) in [5.41, 5.74) is 4.50. The molecule has 5 heteroatoms. The Bertz CT molecular complexity index is 814. The van der Waals surface area contributed by atoms with E-state index in [4.69, 9.17) is 0 Å². The number of aromatic nitrogens is 2. The molecule has 3 aromatic rings. The molecule has 0 aliphatic carbocycles. The summed E-state index contributed by atoms with van der Waals surface area (Å²) in [5, 5.41) is 3.71. The minimum atomic E-state index is 0.270. The molecule has 2 aromatic carbocycles. The summed E-state index contributed by atoms with van der Waals surface area (Å²) < 4.78 is 5.11. The van der Waals surface area contributed by atoms with Crippen LogP contribution < -0.4 is 10.0 Å². The van der Waals surface area contributed by atoms with Crippen molar-refractivity contribution in [2.24, 2.45) is 7.05 Å². The molecule has 1 atom stereocenters. The lowest BCUT2D eigenvalue weighted by atomic mass is 10.0. The first-order valence-corrected chi connectivity index (χ1v) is 9.30. The molecular weight excluding hydrogens is 328 g/mol. The number of aryl methyl sites for hydroxylation is 1. The van der Waals surface area contributed by atoms with E-state index >= 15 is 0 Å². The van der Waals surface area contributed by atoms with Gasteiger partial charge in [-0.1, -0.05) is 37.3 Å². The number of nitrogens with one attached hydrogen (secondary N) is 2. The molecular formula is C20H24N4S. The van der Waals surface area contributed by atoms with Crippen LogP contribution in [0.1, 0.15) is 24.9 Å². The molecule has 0 aliphatic heterocycles. The van der Waals surface area contributed by atoms with Crippen molar-refractivity contribution in [3.8, 4) is 11.3 Å². The number of anilines is 1. The standard InChI is InChI=1S/C20H24N4S/c1-4-18(15-8-6-5-7-9-15)23-19-11-10-16(25-21-2)12-17(19)20-13-24(3)14-22-20/h5-14,18,21,23H,4H2,1-3H3. The second-order valence-corrected chi connectivity index (χ2v) is 7.04. The Labute approximate surface area is 153 Å². The van der Waals surface area contributed by atoms with Gasteiger partial charge in [-0.3, -0.25) is 4.72 Å². The molecule has 0 radical (unpaired) electrons. The van der Waals surface area contributed by atoms with Gasteiger partial charge >= 0.3 is 0 Å².